The van der Waals surface area contributed by atoms with Crippen molar-refractivity contribution in [2.24, 2.45) is 12.0 Å². The molecule has 0 unspecified atom stereocenters. The molecule has 154 valence electrons. The van der Waals surface area contributed by atoms with Crippen LogP contribution in [0.5, 0.6) is 0 Å². The number of aliphatic imine (C=N–C) groups is 1. The highest BCUT2D eigenvalue weighted by atomic mass is 127. The highest BCUT2D eigenvalue weighted by molar-refractivity contribution is 14.0. The van der Waals surface area contributed by atoms with Crippen LogP contribution in [-0.2, 0) is 24.9 Å². The van der Waals surface area contributed by atoms with Gasteiger partial charge in [0.2, 0.25) is 0 Å². The number of nitrogens with zero attached hydrogens (tertiary/aromatic N) is 4. The summed E-state index contributed by atoms with van der Waals surface area (Å²) in [5.74, 6) is 0.882. The van der Waals surface area contributed by atoms with Crippen LogP contribution in [0, 0.1) is 0 Å². The third-order valence-electron chi connectivity index (χ3n) is 4.86. The Morgan fingerprint density at radius 1 is 1.29 bits per heavy atom. The SMILES string of the molecule is CN=C(NCc1ccc(Br)cc1N1CCOCC1)N(C)Cc1cccn1C.I. The van der Waals surface area contributed by atoms with Gasteiger partial charge in [0.05, 0.1) is 19.8 Å². The first-order valence-corrected chi connectivity index (χ1v) is 10.0. The summed E-state index contributed by atoms with van der Waals surface area (Å²) in [6.45, 7) is 4.93. The lowest BCUT2D eigenvalue weighted by Gasteiger charge is -2.31. The molecule has 0 aliphatic carbocycles. The number of hydrogen-bond acceptors (Lipinski definition) is 3. The lowest BCUT2D eigenvalue weighted by molar-refractivity contribution is 0.122. The quantitative estimate of drug-likeness (QED) is 0.345. The number of ether oxygens (including phenoxy) is 1. The first kappa shape index (κ1) is 23.0. The second-order valence-corrected chi connectivity index (χ2v) is 7.66. The van der Waals surface area contributed by atoms with E-state index in [4.69, 9.17) is 4.74 Å². The monoisotopic (exact) mass is 561 g/mol. The fourth-order valence-corrected chi connectivity index (χ4v) is 3.67. The van der Waals surface area contributed by atoms with Gasteiger partial charge >= 0.3 is 0 Å². The first-order chi connectivity index (χ1) is 13.1. The van der Waals surface area contributed by atoms with Crippen molar-refractivity contribution in [1.82, 2.24) is 14.8 Å². The fourth-order valence-electron chi connectivity index (χ4n) is 3.32. The Morgan fingerprint density at radius 3 is 2.68 bits per heavy atom. The average Bonchev–Trinajstić information content (AvgIpc) is 3.08. The van der Waals surface area contributed by atoms with Crippen LogP contribution in [0.1, 0.15) is 11.3 Å². The van der Waals surface area contributed by atoms with E-state index in [1.54, 1.807) is 0 Å². The minimum atomic E-state index is 0. The molecule has 0 spiro atoms. The van der Waals surface area contributed by atoms with E-state index in [-0.39, 0.29) is 24.0 Å². The molecule has 1 N–H and O–H groups in total. The van der Waals surface area contributed by atoms with Gasteiger partial charge < -0.3 is 24.4 Å². The largest absolute Gasteiger partial charge is 0.378 e. The molecule has 1 aromatic carbocycles. The molecule has 2 heterocycles. The van der Waals surface area contributed by atoms with Gasteiger partial charge in [-0.2, -0.15) is 0 Å². The van der Waals surface area contributed by atoms with Gasteiger partial charge in [-0.15, -0.1) is 24.0 Å². The van der Waals surface area contributed by atoms with Gasteiger partial charge in [0.1, 0.15) is 0 Å². The molecular formula is C20H29BrIN5O. The minimum absolute atomic E-state index is 0. The summed E-state index contributed by atoms with van der Waals surface area (Å²) < 4.78 is 8.73. The maximum absolute atomic E-state index is 5.50. The molecule has 1 aromatic heterocycles. The van der Waals surface area contributed by atoms with Crippen LogP contribution in [0.25, 0.3) is 0 Å². The molecule has 0 radical (unpaired) electrons. The van der Waals surface area contributed by atoms with Crippen molar-refractivity contribution in [2.45, 2.75) is 13.1 Å². The van der Waals surface area contributed by atoms with Crippen LogP contribution in [0.4, 0.5) is 5.69 Å². The summed E-state index contributed by atoms with van der Waals surface area (Å²) in [4.78, 5) is 8.98. The Balaban J connectivity index is 0.00000280. The molecule has 6 nitrogen and oxygen atoms in total. The van der Waals surface area contributed by atoms with Gasteiger partial charge in [0.15, 0.2) is 5.96 Å². The van der Waals surface area contributed by atoms with Crippen molar-refractivity contribution < 1.29 is 4.74 Å². The second-order valence-electron chi connectivity index (χ2n) is 6.74. The first-order valence-electron chi connectivity index (χ1n) is 9.21. The number of benzene rings is 1. The van der Waals surface area contributed by atoms with Crippen molar-refractivity contribution >= 4 is 51.6 Å². The highest BCUT2D eigenvalue weighted by Gasteiger charge is 2.16. The number of anilines is 1. The highest BCUT2D eigenvalue weighted by Crippen LogP contribution is 2.26. The zero-order valence-corrected chi connectivity index (χ0v) is 20.6. The summed E-state index contributed by atoms with van der Waals surface area (Å²) in [6.07, 6.45) is 2.07. The van der Waals surface area contributed by atoms with Gasteiger partial charge in [-0.3, -0.25) is 4.99 Å². The molecule has 1 fully saturated rings. The van der Waals surface area contributed by atoms with E-state index < -0.39 is 0 Å². The third kappa shape index (κ3) is 5.87. The molecule has 8 heteroatoms. The summed E-state index contributed by atoms with van der Waals surface area (Å²) in [6, 6.07) is 10.7. The molecule has 1 aliphatic heterocycles. The van der Waals surface area contributed by atoms with E-state index in [1.165, 1.54) is 16.9 Å². The zero-order chi connectivity index (χ0) is 19.2. The number of hydrogen-bond donors (Lipinski definition) is 1. The second kappa shape index (κ2) is 11.1. The third-order valence-corrected chi connectivity index (χ3v) is 5.35. The predicted molar refractivity (Wildman–Crippen MR) is 130 cm³/mol. The zero-order valence-electron chi connectivity index (χ0n) is 16.7. The summed E-state index contributed by atoms with van der Waals surface area (Å²) in [7, 11) is 5.96. The van der Waals surface area contributed by atoms with Crippen LogP contribution in [0.2, 0.25) is 0 Å². The smallest absolute Gasteiger partial charge is 0.194 e. The fraction of sp³-hybridized carbons (Fsp3) is 0.450. The normalized spacial score (nSPS) is 14.6. The van der Waals surface area contributed by atoms with Crippen LogP contribution in [0.3, 0.4) is 0 Å². The van der Waals surface area contributed by atoms with E-state index in [2.05, 4.69) is 91.2 Å². The molecule has 0 amide bonds. The van der Waals surface area contributed by atoms with E-state index in [9.17, 15) is 0 Å². The predicted octanol–water partition coefficient (Wildman–Crippen LogP) is 3.45. The summed E-state index contributed by atoms with van der Waals surface area (Å²) in [5.41, 5.74) is 3.76. The van der Waals surface area contributed by atoms with E-state index in [1.807, 2.05) is 7.05 Å². The lowest BCUT2D eigenvalue weighted by Crippen LogP contribution is -2.39. The van der Waals surface area contributed by atoms with Crippen LogP contribution >= 0.6 is 39.9 Å². The standard InChI is InChI=1S/C20H28BrN5O.HI/c1-22-20(25(3)15-18-5-4-8-24(18)2)23-14-16-6-7-17(21)13-19(16)26-9-11-27-12-10-26;/h4-8,13H,9-12,14-15H2,1-3H3,(H,22,23);1H. The van der Waals surface area contributed by atoms with Crippen molar-refractivity contribution in [3.8, 4) is 0 Å². The number of guanidine groups is 1. The van der Waals surface area contributed by atoms with E-state index >= 15 is 0 Å². The van der Waals surface area contributed by atoms with Crippen LogP contribution in [-0.4, -0.2) is 55.8 Å². The van der Waals surface area contributed by atoms with Crippen LogP contribution < -0.4 is 10.2 Å². The Hall–Kier alpha value is -1.26. The molecule has 1 saturated heterocycles. The molecule has 0 saturated carbocycles. The Morgan fingerprint density at radius 2 is 2.04 bits per heavy atom. The molecular weight excluding hydrogens is 533 g/mol. The summed E-state index contributed by atoms with van der Waals surface area (Å²) in [5, 5.41) is 3.51. The van der Waals surface area contributed by atoms with E-state index in [0.717, 1.165) is 49.8 Å². The minimum Gasteiger partial charge on any atom is -0.378 e. The summed E-state index contributed by atoms with van der Waals surface area (Å²) >= 11 is 3.61. The van der Waals surface area contributed by atoms with Crippen molar-refractivity contribution in [1.29, 1.82) is 0 Å². The number of rotatable bonds is 5. The number of aryl methyl sites for hydroxylation is 1. The van der Waals surface area contributed by atoms with Gasteiger partial charge in [-0.25, -0.2) is 0 Å². The van der Waals surface area contributed by atoms with Gasteiger partial charge in [0, 0.05) is 62.8 Å². The maximum atomic E-state index is 5.50. The number of halogens is 2. The van der Waals surface area contributed by atoms with Crippen LogP contribution in [0.15, 0.2) is 46.0 Å². The van der Waals surface area contributed by atoms with Crippen molar-refractivity contribution in [3.05, 3.63) is 52.3 Å². The topological polar surface area (TPSA) is 45.0 Å². The molecule has 0 atom stereocenters. The van der Waals surface area contributed by atoms with Gasteiger partial charge in [0.25, 0.3) is 0 Å². The Bertz CT molecular complexity index is 789. The van der Waals surface area contributed by atoms with Gasteiger partial charge in [-0.05, 0) is 29.8 Å². The maximum Gasteiger partial charge on any atom is 0.194 e. The van der Waals surface area contributed by atoms with Crippen molar-refractivity contribution in [3.63, 3.8) is 0 Å². The Kier molecular flexibility index (Phi) is 9.10. The molecule has 28 heavy (non-hydrogen) atoms. The average molecular weight is 562 g/mol. The Labute approximate surface area is 193 Å². The number of nitrogens with one attached hydrogen (secondary N) is 1. The van der Waals surface area contributed by atoms with Gasteiger partial charge in [-0.1, -0.05) is 22.0 Å². The number of aromatic nitrogens is 1. The molecule has 1 aliphatic rings. The van der Waals surface area contributed by atoms with E-state index in [0.29, 0.717) is 0 Å². The van der Waals surface area contributed by atoms with Crippen molar-refractivity contribution in [2.75, 3.05) is 45.3 Å². The lowest BCUT2D eigenvalue weighted by atomic mass is 10.1. The molecule has 0 bridgehead atoms. The molecule has 2 aromatic rings. The molecule has 3 rings (SSSR count). The number of morpholine rings is 1.